The molecule has 392 valence electrons. The Bertz CT molecular complexity index is 1190. The highest BCUT2D eigenvalue weighted by Crippen LogP contribution is 2.47. The molecule has 3 amide bonds. The molecule has 0 aromatic carbocycles. The predicted octanol–water partition coefficient (Wildman–Crippen LogP) is 17.1. The summed E-state index contributed by atoms with van der Waals surface area (Å²) in [6.07, 6.45) is 63.0. The summed E-state index contributed by atoms with van der Waals surface area (Å²) in [6.45, 7) is 6.78. The number of carbonyl (C=O) groups excluding carboxylic acids is 3. The second kappa shape index (κ2) is 47.3. The van der Waals surface area contributed by atoms with E-state index in [0.717, 1.165) is 116 Å². The summed E-state index contributed by atoms with van der Waals surface area (Å²) in [5, 5.41) is 12.6. The van der Waals surface area contributed by atoms with Gasteiger partial charge in [-0.3, -0.25) is 14.4 Å². The number of carbonyl (C=O) groups is 3. The van der Waals surface area contributed by atoms with E-state index in [1.54, 1.807) is 0 Å². The first-order valence-electron chi connectivity index (χ1n) is 29.2. The molecule has 0 rings (SSSR count). The second-order valence-corrected chi connectivity index (χ2v) is 20.6. The van der Waals surface area contributed by atoms with E-state index in [0.29, 0.717) is 19.3 Å². The monoisotopic (exact) mass is 940 g/mol. The molecule has 0 fully saturated rings. The van der Waals surface area contributed by atoms with Crippen LogP contribution in [0.25, 0.3) is 0 Å². The van der Waals surface area contributed by atoms with Gasteiger partial charge in [-0.05, 0) is 96.3 Å². The van der Waals surface area contributed by atoms with E-state index < -0.39 is 34.7 Å². The van der Waals surface area contributed by atoms with Crippen LogP contribution in [-0.4, -0.2) is 28.4 Å². The summed E-state index contributed by atoms with van der Waals surface area (Å²) < 4.78 is 0. The number of hydrogen-bond donors (Lipinski definition) is 4. The number of unbranched alkanes of at least 4 members (excludes halogenated alkanes) is 36. The predicted molar refractivity (Wildman–Crippen MR) is 291 cm³/mol. The zero-order valence-electron chi connectivity index (χ0n) is 44.8. The first-order valence-corrected chi connectivity index (χ1v) is 29.2. The minimum Gasteiger partial charge on any atom is -0.378 e. The average molecular weight is 941 g/mol. The number of hydrogen-bond acceptors (Lipinski definition) is 4. The second-order valence-electron chi connectivity index (χ2n) is 20.6. The number of primary amides is 3. The highest BCUT2D eigenvalue weighted by Gasteiger charge is 2.62. The van der Waals surface area contributed by atoms with E-state index in [2.05, 4.69) is 57.2 Å². The molecular weight excluding hydrogens is 827 g/mol. The maximum Gasteiger partial charge on any atom is 0.251 e. The summed E-state index contributed by atoms with van der Waals surface area (Å²) in [6, 6.07) is 0. The van der Waals surface area contributed by atoms with Crippen molar-refractivity contribution in [2.45, 2.75) is 315 Å². The van der Waals surface area contributed by atoms with E-state index in [1.165, 1.54) is 135 Å². The Morgan fingerprint density at radius 3 is 0.836 bits per heavy atom. The number of rotatable bonds is 53. The lowest BCUT2D eigenvalue weighted by Gasteiger charge is -2.47. The van der Waals surface area contributed by atoms with Crippen LogP contribution in [0, 0.1) is 11.3 Å². The minimum atomic E-state index is -2.45. The first kappa shape index (κ1) is 64.6. The molecule has 0 aromatic rings. The lowest BCUT2D eigenvalue weighted by molar-refractivity contribution is -0.180. The van der Waals surface area contributed by atoms with Crippen LogP contribution in [0.15, 0.2) is 36.5 Å². The Morgan fingerprint density at radius 2 is 0.597 bits per heavy atom. The van der Waals surface area contributed by atoms with E-state index in [-0.39, 0.29) is 19.3 Å². The molecule has 7 nitrogen and oxygen atoms in total. The van der Waals surface area contributed by atoms with Gasteiger partial charge in [-0.2, -0.15) is 0 Å². The van der Waals surface area contributed by atoms with Crippen molar-refractivity contribution in [2.24, 2.45) is 28.5 Å². The van der Waals surface area contributed by atoms with Crippen LogP contribution in [0.5, 0.6) is 0 Å². The van der Waals surface area contributed by atoms with Gasteiger partial charge >= 0.3 is 0 Å². The Morgan fingerprint density at radius 1 is 0.358 bits per heavy atom. The van der Waals surface area contributed by atoms with Crippen molar-refractivity contribution in [2.75, 3.05) is 0 Å². The van der Waals surface area contributed by atoms with Gasteiger partial charge in [0, 0.05) is 0 Å². The van der Waals surface area contributed by atoms with Crippen molar-refractivity contribution in [1.82, 2.24) is 0 Å². The molecule has 0 bridgehead atoms. The molecule has 0 spiro atoms. The fourth-order valence-corrected chi connectivity index (χ4v) is 10.2. The lowest BCUT2D eigenvalue weighted by atomic mass is 9.58. The highest BCUT2D eigenvalue weighted by molar-refractivity contribution is 5.98. The van der Waals surface area contributed by atoms with E-state index >= 15 is 0 Å². The number of allylic oxidation sites excluding steroid dienone is 6. The molecule has 0 aliphatic rings. The molecule has 0 saturated heterocycles. The van der Waals surface area contributed by atoms with Crippen molar-refractivity contribution in [3.63, 3.8) is 0 Å². The summed E-state index contributed by atoms with van der Waals surface area (Å²) >= 11 is 0. The largest absolute Gasteiger partial charge is 0.378 e. The molecule has 0 aromatic heterocycles. The Balaban J connectivity index is 5.31. The number of aliphatic hydroxyl groups is 1. The number of nitrogens with two attached hydrogens (primary N) is 3. The third-order valence-corrected chi connectivity index (χ3v) is 14.7. The SMILES string of the molecule is CCCCCCCC/C=C\CCCCCCCCC(C(N)=O)C(O)(C(N)=O)C(CCCCCCCC/C=C\CCCCCCCC)(CCCCCCCC/C=C\CCCCCCCC)C(N)=O. The fourth-order valence-electron chi connectivity index (χ4n) is 10.2. The smallest absolute Gasteiger partial charge is 0.251 e. The van der Waals surface area contributed by atoms with Crippen molar-refractivity contribution in [1.29, 1.82) is 0 Å². The van der Waals surface area contributed by atoms with Gasteiger partial charge in [0.05, 0.1) is 11.3 Å². The summed E-state index contributed by atoms with van der Waals surface area (Å²) in [4.78, 5) is 40.6. The molecule has 0 heterocycles. The lowest BCUT2D eigenvalue weighted by Crippen LogP contribution is -2.68. The zero-order chi connectivity index (χ0) is 49.4. The maximum atomic E-state index is 13.8. The van der Waals surface area contributed by atoms with Gasteiger partial charge in [0.25, 0.3) is 5.91 Å². The maximum absolute atomic E-state index is 13.8. The third kappa shape index (κ3) is 33.7. The molecule has 0 aliphatic heterocycles. The molecule has 7 heteroatoms. The van der Waals surface area contributed by atoms with Gasteiger partial charge < -0.3 is 22.3 Å². The van der Waals surface area contributed by atoms with Crippen molar-refractivity contribution < 1.29 is 19.5 Å². The third-order valence-electron chi connectivity index (χ3n) is 14.7. The van der Waals surface area contributed by atoms with Crippen LogP contribution in [0.1, 0.15) is 310 Å². The molecule has 7 N–H and O–H groups in total. The standard InChI is InChI=1S/C60H113N3O4/c1-4-7-10-13-16-19-22-25-28-31-34-37-40-43-46-49-52-55(56(61)64)60(67,58(63)66)59(57(62)65,53-50-47-44-41-38-35-32-29-26-23-20-17-14-11-8-5-2)54-51-48-45-42-39-36-33-30-27-24-21-18-15-12-9-6-3/h25-30,55,67H,4-24,31-54H2,1-3H3,(H2,61,64)(H2,62,65)(H2,63,66)/b28-25-,29-26-,30-27-. The van der Waals surface area contributed by atoms with E-state index in [1.807, 2.05) is 0 Å². The molecule has 0 aliphatic carbocycles. The summed E-state index contributed by atoms with van der Waals surface area (Å²) in [5.41, 5.74) is 14.3. The minimum absolute atomic E-state index is 0.200. The van der Waals surface area contributed by atoms with Crippen molar-refractivity contribution in [3.05, 3.63) is 36.5 Å². The molecule has 0 radical (unpaired) electrons. The molecule has 0 saturated carbocycles. The average Bonchev–Trinajstić information content (AvgIpc) is 3.31. The van der Waals surface area contributed by atoms with Crippen LogP contribution >= 0.6 is 0 Å². The van der Waals surface area contributed by atoms with Crippen LogP contribution in [0.2, 0.25) is 0 Å². The molecule has 2 unspecified atom stereocenters. The van der Waals surface area contributed by atoms with Gasteiger partial charge in [-0.15, -0.1) is 0 Å². The van der Waals surface area contributed by atoms with Crippen LogP contribution in [0.3, 0.4) is 0 Å². The van der Waals surface area contributed by atoms with Gasteiger partial charge in [0.15, 0.2) is 5.60 Å². The molecule has 2 atom stereocenters. The zero-order valence-corrected chi connectivity index (χ0v) is 44.8. The van der Waals surface area contributed by atoms with Gasteiger partial charge in [0.1, 0.15) is 0 Å². The Labute approximate surface area is 416 Å². The van der Waals surface area contributed by atoms with Crippen LogP contribution < -0.4 is 17.2 Å². The topological polar surface area (TPSA) is 150 Å². The molecule has 67 heavy (non-hydrogen) atoms. The Hall–Kier alpha value is -2.41. The van der Waals surface area contributed by atoms with Gasteiger partial charge in [-0.25, -0.2) is 0 Å². The van der Waals surface area contributed by atoms with Crippen molar-refractivity contribution >= 4 is 17.7 Å². The van der Waals surface area contributed by atoms with Crippen molar-refractivity contribution in [3.8, 4) is 0 Å². The normalized spacial score (nSPS) is 13.6. The van der Waals surface area contributed by atoms with Crippen LogP contribution in [-0.2, 0) is 14.4 Å². The fraction of sp³-hybridized carbons (Fsp3) is 0.850. The van der Waals surface area contributed by atoms with Crippen LogP contribution in [0.4, 0.5) is 0 Å². The number of amides is 3. The first-order chi connectivity index (χ1) is 32.7. The highest BCUT2D eigenvalue weighted by atomic mass is 16.3. The van der Waals surface area contributed by atoms with E-state index in [9.17, 15) is 19.5 Å². The quantitative estimate of drug-likeness (QED) is 0.0355. The Kier molecular flexibility index (Phi) is 45.6. The molecular formula is C60H113N3O4. The van der Waals surface area contributed by atoms with Gasteiger partial charge in [-0.1, -0.05) is 250 Å². The van der Waals surface area contributed by atoms with E-state index in [4.69, 9.17) is 17.2 Å². The van der Waals surface area contributed by atoms with Gasteiger partial charge in [0.2, 0.25) is 11.8 Å². The summed E-state index contributed by atoms with van der Waals surface area (Å²) in [5.74, 6) is -3.88. The summed E-state index contributed by atoms with van der Waals surface area (Å²) in [7, 11) is 0.